The number of halogens is 3. The van der Waals surface area contributed by atoms with Crippen LogP contribution in [0.1, 0.15) is 82.5 Å². The van der Waals surface area contributed by atoms with E-state index < -0.39 is 47.1 Å². The normalized spacial score (nSPS) is 24.5. The van der Waals surface area contributed by atoms with Crippen molar-refractivity contribution >= 4 is 48.9 Å². The number of anilines is 2. The number of hydrogen-bond acceptors (Lipinski definition) is 11. The largest absolute Gasteiger partial charge is 0.501 e. The van der Waals surface area contributed by atoms with Crippen molar-refractivity contribution in [2.45, 2.75) is 98.4 Å². The molecular formula is C48H63F3N6O5S3. The number of sulfone groups is 1. The van der Waals surface area contributed by atoms with Crippen molar-refractivity contribution in [2.75, 3.05) is 81.4 Å². The second kappa shape index (κ2) is 18.8. The first-order valence-electron chi connectivity index (χ1n) is 23.0. The third-order valence-corrected chi connectivity index (χ3v) is 18.7. The molecule has 0 radical (unpaired) electrons. The van der Waals surface area contributed by atoms with Crippen LogP contribution >= 0.6 is 11.8 Å². The van der Waals surface area contributed by atoms with E-state index in [1.807, 2.05) is 35.1 Å². The number of carbonyl (C=O) groups excluding carboxylic acids is 1. The number of amides is 1. The predicted octanol–water partition coefficient (Wildman–Crippen LogP) is 8.18. The Bertz CT molecular complexity index is 2430. The molecular weight excluding hydrogens is 894 g/mol. The van der Waals surface area contributed by atoms with Gasteiger partial charge in [0.25, 0.3) is 25.8 Å². The van der Waals surface area contributed by atoms with Crippen molar-refractivity contribution in [3.8, 4) is 0 Å². The van der Waals surface area contributed by atoms with E-state index in [1.165, 1.54) is 68.8 Å². The van der Waals surface area contributed by atoms with E-state index in [0.29, 0.717) is 41.0 Å². The highest BCUT2D eigenvalue weighted by Gasteiger charge is 2.68. The Morgan fingerprint density at radius 1 is 0.877 bits per heavy atom. The number of nitrogens with zero attached hydrogens (tertiary/aromatic N) is 3. The molecule has 3 aromatic rings. The third kappa shape index (κ3) is 10.6. The first-order valence-corrected chi connectivity index (χ1v) is 26.9. The number of piperazine rings is 2. The first-order chi connectivity index (χ1) is 30.8. The lowest BCUT2D eigenvalue weighted by molar-refractivity contribution is -0.182. The van der Waals surface area contributed by atoms with Crippen molar-refractivity contribution in [3.05, 3.63) is 89.5 Å². The summed E-state index contributed by atoms with van der Waals surface area (Å²) in [5.74, 6) is -0.604. The zero-order valence-electron chi connectivity index (χ0n) is 37.7. The molecule has 0 spiro atoms. The second-order valence-corrected chi connectivity index (χ2v) is 24.5. The van der Waals surface area contributed by atoms with E-state index >= 15 is 0 Å². The zero-order valence-corrected chi connectivity index (χ0v) is 40.1. The van der Waals surface area contributed by atoms with E-state index in [4.69, 9.17) is 0 Å². The van der Waals surface area contributed by atoms with Crippen LogP contribution in [0, 0.1) is 16.2 Å². The molecule has 2 heterocycles. The third-order valence-electron chi connectivity index (χ3n) is 14.6. The molecule has 11 nitrogen and oxygen atoms in total. The van der Waals surface area contributed by atoms with E-state index in [0.717, 1.165) is 81.6 Å². The SMILES string of the molecule is CCC12CC(C3=C(CN4CCN(c5ccc(C(=O)NS(=O)(=O)c6ccc(N[C@H](CCN7CCNCC7)CSc7ccccc7)c(S(=O)(=O)C(F)(F)F)c6)cc5)CC4)CCC(C)(C)C3)(C1)C2. The molecule has 2 aliphatic heterocycles. The van der Waals surface area contributed by atoms with Crippen LogP contribution in [-0.4, -0.2) is 115 Å². The number of benzene rings is 3. The van der Waals surface area contributed by atoms with Gasteiger partial charge in [0.15, 0.2) is 0 Å². The fourth-order valence-electron chi connectivity index (χ4n) is 10.8. The topological polar surface area (TPSA) is 131 Å². The molecule has 2 saturated heterocycles. The zero-order chi connectivity index (χ0) is 46.3. The summed E-state index contributed by atoms with van der Waals surface area (Å²) in [6.07, 6.45) is 9.47. The van der Waals surface area contributed by atoms with Crippen LogP contribution in [-0.2, 0) is 19.9 Å². The van der Waals surface area contributed by atoms with Crippen LogP contribution in [0.5, 0.6) is 0 Å². The summed E-state index contributed by atoms with van der Waals surface area (Å²) in [6, 6.07) is 18.0. The summed E-state index contributed by atoms with van der Waals surface area (Å²) in [4.78, 5) is 19.3. The summed E-state index contributed by atoms with van der Waals surface area (Å²) in [7, 11) is -10.9. The van der Waals surface area contributed by atoms with Gasteiger partial charge < -0.3 is 20.4 Å². The average Bonchev–Trinajstić information content (AvgIpc) is 3.25. The number of carbonyl (C=O) groups is 1. The van der Waals surface area contributed by atoms with E-state index in [1.54, 1.807) is 23.3 Å². The highest BCUT2D eigenvalue weighted by Crippen LogP contribution is 2.79. The Morgan fingerprint density at radius 3 is 2.20 bits per heavy atom. The summed E-state index contributed by atoms with van der Waals surface area (Å²) < 4.78 is 97.8. The Labute approximate surface area is 387 Å². The van der Waals surface area contributed by atoms with Gasteiger partial charge in [-0.2, -0.15) is 13.2 Å². The van der Waals surface area contributed by atoms with Crippen LogP contribution in [0.3, 0.4) is 0 Å². The Hall–Kier alpha value is -3.61. The quantitative estimate of drug-likeness (QED) is 0.0895. The molecule has 6 aliphatic rings. The summed E-state index contributed by atoms with van der Waals surface area (Å²) in [6.45, 7) is 15.4. The number of allylic oxidation sites excluding steroid dienone is 1. The molecule has 5 fully saturated rings. The van der Waals surface area contributed by atoms with Crippen LogP contribution in [0.25, 0.3) is 0 Å². The lowest BCUT2D eigenvalue weighted by Gasteiger charge is -2.73. The predicted molar refractivity (Wildman–Crippen MR) is 252 cm³/mol. The molecule has 1 atom stereocenters. The highest BCUT2D eigenvalue weighted by molar-refractivity contribution is 7.99. The maximum absolute atomic E-state index is 14.2. The minimum Gasteiger partial charge on any atom is -0.380 e. The second-order valence-electron chi connectivity index (χ2n) is 19.8. The number of hydrogen-bond donors (Lipinski definition) is 3. The van der Waals surface area contributed by atoms with Gasteiger partial charge in [-0.15, -0.1) is 11.8 Å². The van der Waals surface area contributed by atoms with Crippen LogP contribution in [0.4, 0.5) is 24.5 Å². The molecule has 0 unspecified atom stereocenters. The molecule has 3 N–H and O–H groups in total. The Balaban J connectivity index is 0.919. The van der Waals surface area contributed by atoms with Crippen LogP contribution in [0.2, 0.25) is 0 Å². The molecule has 354 valence electrons. The lowest BCUT2D eigenvalue weighted by atomic mass is 9.31. The van der Waals surface area contributed by atoms with E-state index in [-0.39, 0.29) is 11.3 Å². The lowest BCUT2D eigenvalue weighted by Crippen LogP contribution is -2.63. The maximum atomic E-state index is 14.2. The Morgan fingerprint density at radius 2 is 1.55 bits per heavy atom. The van der Waals surface area contributed by atoms with Gasteiger partial charge in [0, 0.05) is 93.4 Å². The fraction of sp³-hybridized carbons (Fsp3) is 0.562. The van der Waals surface area contributed by atoms with Gasteiger partial charge in [0.2, 0.25) is 0 Å². The fourth-order valence-corrected chi connectivity index (χ4v) is 13.8. The van der Waals surface area contributed by atoms with Gasteiger partial charge >= 0.3 is 5.51 Å². The summed E-state index contributed by atoms with van der Waals surface area (Å²) >= 11 is 1.47. The van der Waals surface area contributed by atoms with Crippen molar-refractivity contribution < 1.29 is 34.8 Å². The molecule has 2 bridgehead atoms. The number of sulfonamides is 1. The van der Waals surface area contributed by atoms with Gasteiger partial charge in [-0.05, 0) is 116 Å². The monoisotopic (exact) mass is 956 g/mol. The van der Waals surface area contributed by atoms with Crippen molar-refractivity contribution in [3.63, 3.8) is 0 Å². The number of thioether (sulfide) groups is 1. The van der Waals surface area contributed by atoms with Crippen molar-refractivity contribution in [2.24, 2.45) is 16.2 Å². The molecule has 0 aromatic heterocycles. The molecule has 65 heavy (non-hydrogen) atoms. The maximum Gasteiger partial charge on any atom is 0.501 e. The number of alkyl halides is 3. The molecule has 1 amide bonds. The average molecular weight is 957 g/mol. The summed E-state index contributed by atoms with van der Waals surface area (Å²) in [5.41, 5.74) is -0.349. The summed E-state index contributed by atoms with van der Waals surface area (Å²) in [5, 5.41) is 6.31. The van der Waals surface area contributed by atoms with E-state index in [9.17, 15) is 34.8 Å². The molecule has 3 aromatic carbocycles. The minimum atomic E-state index is -6.03. The number of rotatable bonds is 17. The van der Waals surface area contributed by atoms with Gasteiger partial charge in [-0.1, -0.05) is 56.5 Å². The molecule has 9 rings (SSSR count). The van der Waals surface area contributed by atoms with Gasteiger partial charge in [0.1, 0.15) is 4.90 Å². The van der Waals surface area contributed by atoms with Crippen molar-refractivity contribution in [1.82, 2.24) is 19.8 Å². The molecule has 17 heteroatoms. The molecule has 4 aliphatic carbocycles. The van der Waals surface area contributed by atoms with Crippen LogP contribution < -0.4 is 20.3 Å². The Kier molecular flexibility index (Phi) is 13.9. The first kappa shape index (κ1) is 47.9. The van der Waals surface area contributed by atoms with Crippen molar-refractivity contribution in [1.29, 1.82) is 0 Å². The number of nitrogens with one attached hydrogen (secondary N) is 3. The molecule has 3 saturated carbocycles. The van der Waals surface area contributed by atoms with Gasteiger partial charge in [-0.3, -0.25) is 9.69 Å². The standard InChI is InChI=1S/C48H63F3N6O5S3/c1-4-46-32-47(33-46,34-46)41-29-45(2,3)18-16-36(41)30-56-24-26-57(27-25-56)38-12-10-35(11-13-38)44(58)54-65(61,62)40-14-15-42(43(28-40)64(59,60)48(49,50)51)53-37(17-21-55-22-19-52-20-23-55)31-63-39-8-6-5-7-9-39/h5-15,28,37,52-53H,4,16-27,29-34H2,1-3H3,(H,54,58)/t37-,46?,47?/m1/s1. The highest BCUT2D eigenvalue weighted by atomic mass is 32.2. The van der Waals surface area contributed by atoms with E-state index in [2.05, 4.69) is 46.1 Å². The van der Waals surface area contributed by atoms with Gasteiger partial charge in [-0.25, -0.2) is 21.6 Å². The van der Waals surface area contributed by atoms with Gasteiger partial charge in [0.05, 0.1) is 10.6 Å². The minimum absolute atomic E-state index is 0.0266. The smallest absolute Gasteiger partial charge is 0.380 e. The van der Waals surface area contributed by atoms with Crippen LogP contribution in [0.15, 0.2) is 98.6 Å².